The first-order valence-electron chi connectivity index (χ1n) is 6.47. The van der Waals surface area contributed by atoms with Gasteiger partial charge in [-0.1, -0.05) is 0 Å². The third kappa shape index (κ3) is 2.94. The summed E-state index contributed by atoms with van der Waals surface area (Å²) < 4.78 is 0. The fourth-order valence-electron chi connectivity index (χ4n) is 2.79. The van der Waals surface area contributed by atoms with Crippen molar-refractivity contribution in [2.45, 2.75) is 37.5 Å². The van der Waals surface area contributed by atoms with Crippen LogP contribution in [0.1, 0.15) is 19.3 Å². The van der Waals surface area contributed by atoms with Gasteiger partial charge in [0.1, 0.15) is 0 Å². The Morgan fingerprint density at radius 3 is 2.75 bits per heavy atom. The number of likely N-dealkylation sites (N-methyl/N-ethyl adjacent to an activating group) is 2. The van der Waals surface area contributed by atoms with Crippen LogP contribution in [0.25, 0.3) is 0 Å². The zero-order chi connectivity index (χ0) is 11.5. The molecule has 0 aromatic rings. The lowest BCUT2D eigenvalue weighted by Gasteiger charge is -2.38. The van der Waals surface area contributed by atoms with Crippen molar-refractivity contribution in [1.29, 1.82) is 0 Å². The second-order valence-corrected chi connectivity index (χ2v) is 5.41. The van der Waals surface area contributed by atoms with E-state index in [2.05, 4.69) is 29.2 Å². The van der Waals surface area contributed by atoms with Crippen molar-refractivity contribution in [1.82, 2.24) is 15.1 Å². The summed E-state index contributed by atoms with van der Waals surface area (Å²) in [5.41, 5.74) is 0. The highest BCUT2D eigenvalue weighted by Gasteiger charge is 2.27. The number of nitrogens with zero attached hydrogens (tertiary/aromatic N) is 2. The van der Waals surface area contributed by atoms with Gasteiger partial charge in [0.15, 0.2) is 0 Å². The zero-order valence-electron chi connectivity index (χ0n) is 10.5. The summed E-state index contributed by atoms with van der Waals surface area (Å²) in [5, 5.41) is 13.3. The van der Waals surface area contributed by atoms with Gasteiger partial charge in [-0.3, -0.25) is 4.90 Å². The normalized spacial score (nSPS) is 38.1. The van der Waals surface area contributed by atoms with Gasteiger partial charge in [0.25, 0.3) is 0 Å². The van der Waals surface area contributed by atoms with Crippen molar-refractivity contribution in [2.24, 2.45) is 0 Å². The standard InChI is InChI=1S/C12H25N3O/c1-14-6-7-15(2)10(9-14)8-13-11-4-3-5-12(11)16/h10-13,16H,3-9H2,1-2H3. The van der Waals surface area contributed by atoms with Gasteiger partial charge in [0.2, 0.25) is 0 Å². The van der Waals surface area contributed by atoms with Crippen LogP contribution in [0.5, 0.6) is 0 Å². The van der Waals surface area contributed by atoms with Gasteiger partial charge in [0.05, 0.1) is 6.10 Å². The van der Waals surface area contributed by atoms with E-state index in [1.807, 2.05) is 0 Å². The lowest BCUT2D eigenvalue weighted by Crippen LogP contribution is -2.55. The monoisotopic (exact) mass is 227 g/mol. The van der Waals surface area contributed by atoms with E-state index in [1.165, 1.54) is 13.0 Å². The van der Waals surface area contributed by atoms with E-state index in [4.69, 9.17) is 0 Å². The average Bonchev–Trinajstić information content (AvgIpc) is 2.66. The summed E-state index contributed by atoms with van der Waals surface area (Å²) in [7, 11) is 4.38. The molecule has 2 aliphatic rings. The zero-order valence-corrected chi connectivity index (χ0v) is 10.5. The van der Waals surface area contributed by atoms with Gasteiger partial charge in [0, 0.05) is 38.3 Å². The number of piperazine rings is 1. The molecule has 1 saturated heterocycles. The first-order chi connectivity index (χ1) is 7.66. The largest absolute Gasteiger partial charge is 0.392 e. The van der Waals surface area contributed by atoms with Crippen LogP contribution in [0.15, 0.2) is 0 Å². The van der Waals surface area contributed by atoms with E-state index in [-0.39, 0.29) is 6.10 Å². The molecule has 1 saturated carbocycles. The van der Waals surface area contributed by atoms with Crippen LogP contribution in [0, 0.1) is 0 Å². The molecule has 0 spiro atoms. The predicted molar refractivity (Wildman–Crippen MR) is 65.6 cm³/mol. The molecule has 3 atom stereocenters. The van der Waals surface area contributed by atoms with Gasteiger partial charge in [-0.2, -0.15) is 0 Å². The summed E-state index contributed by atoms with van der Waals surface area (Å²) in [4.78, 5) is 4.81. The van der Waals surface area contributed by atoms with Crippen LogP contribution in [0.3, 0.4) is 0 Å². The van der Waals surface area contributed by atoms with Gasteiger partial charge >= 0.3 is 0 Å². The fourth-order valence-corrected chi connectivity index (χ4v) is 2.79. The molecule has 0 radical (unpaired) electrons. The molecular formula is C12H25N3O. The molecule has 1 heterocycles. The fraction of sp³-hybridized carbons (Fsp3) is 1.00. The Labute approximate surface area is 98.6 Å². The van der Waals surface area contributed by atoms with E-state index in [1.54, 1.807) is 0 Å². The molecule has 0 bridgehead atoms. The van der Waals surface area contributed by atoms with Crippen molar-refractivity contribution in [2.75, 3.05) is 40.3 Å². The Morgan fingerprint density at radius 2 is 2.06 bits per heavy atom. The summed E-state index contributed by atoms with van der Waals surface area (Å²) in [6, 6.07) is 0.923. The van der Waals surface area contributed by atoms with Crippen LogP contribution < -0.4 is 5.32 Å². The number of nitrogens with one attached hydrogen (secondary N) is 1. The van der Waals surface area contributed by atoms with Crippen LogP contribution in [0.4, 0.5) is 0 Å². The van der Waals surface area contributed by atoms with Crippen molar-refractivity contribution in [3.05, 3.63) is 0 Å². The minimum Gasteiger partial charge on any atom is -0.392 e. The Bertz CT molecular complexity index is 224. The SMILES string of the molecule is CN1CCN(C)C(CNC2CCCC2O)C1. The summed E-state index contributed by atoms with van der Waals surface area (Å²) in [6.07, 6.45) is 3.15. The van der Waals surface area contributed by atoms with Crippen LogP contribution >= 0.6 is 0 Å². The number of hydrogen-bond donors (Lipinski definition) is 2. The molecule has 0 aromatic carbocycles. The number of rotatable bonds is 3. The maximum Gasteiger partial charge on any atom is 0.0693 e. The van der Waals surface area contributed by atoms with E-state index >= 15 is 0 Å². The molecule has 4 nitrogen and oxygen atoms in total. The number of hydrogen-bond acceptors (Lipinski definition) is 4. The maximum absolute atomic E-state index is 9.75. The highest BCUT2D eigenvalue weighted by molar-refractivity contribution is 4.86. The summed E-state index contributed by atoms with van der Waals surface area (Å²) in [6.45, 7) is 4.45. The maximum atomic E-state index is 9.75. The molecule has 4 heteroatoms. The van der Waals surface area contributed by atoms with Gasteiger partial charge in [-0.25, -0.2) is 0 Å². The Balaban J connectivity index is 1.75. The van der Waals surface area contributed by atoms with Crippen molar-refractivity contribution < 1.29 is 5.11 Å². The van der Waals surface area contributed by atoms with E-state index in [0.29, 0.717) is 12.1 Å². The molecule has 2 fully saturated rings. The van der Waals surface area contributed by atoms with Crippen molar-refractivity contribution in [3.63, 3.8) is 0 Å². The lowest BCUT2D eigenvalue weighted by atomic mass is 10.1. The molecule has 1 aliphatic carbocycles. The second kappa shape index (κ2) is 5.45. The summed E-state index contributed by atoms with van der Waals surface area (Å²) >= 11 is 0. The van der Waals surface area contributed by atoms with Gasteiger partial charge in [-0.05, 0) is 33.4 Å². The van der Waals surface area contributed by atoms with Crippen LogP contribution in [-0.4, -0.2) is 73.4 Å². The molecule has 3 unspecified atom stereocenters. The molecule has 0 amide bonds. The topological polar surface area (TPSA) is 38.7 Å². The average molecular weight is 227 g/mol. The molecule has 94 valence electrons. The van der Waals surface area contributed by atoms with E-state index in [0.717, 1.165) is 32.5 Å². The first kappa shape index (κ1) is 12.3. The van der Waals surface area contributed by atoms with Crippen LogP contribution in [0.2, 0.25) is 0 Å². The highest BCUT2D eigenvalue weighted by atomic mass is 16.3. The minimum atomic E-state index is -0.119. The highest BCUT2D eigenvalue weighted by Crippen LogP contribution is 2.19. The first-order valence-corrected chi connectivity index (χ1v) is 6.47. The number of aliphatic hydroxyl groups excluding tert-OH is 1. The van der Waals surface area contributed by atoms with E-state index < -0.39 is 0 Å². The second-order valence-electron chi connectivity index (χ2n) is 5.41. The van der Waals surface area contributed by atoms with E-state index in [9.17, 15) is 5.11 Å². The Morgan fingerprint density at radius 1 is 1.25 bits per heavy atom. The third-order valence-electron chi connectivity index (χ3n) is 4.08. The quantitative estimate of drug-likeness (QED) is 0.696. The van der Waals surface area contributed by atoms with Crippen molar-refractivity contribution >= 4 is 0 Å². The molecule has 16 heavy (non-hydrogen) atoms. The minimum absolute atomic E-state index is 0.119. The number of aliphatic hydroxyl groups is 1. The third-order valence-corrected chi connectivity index (χ3v) is 4.08. The lowest BCUT2D eigenvalue weighted by molar-refractivity contribution is 0.100. The Hall–Kier alpha value is -0.160. The van der Waals surface area contributed by atoms with Crippen LogP contribution in [-0.2, 0) is 0 Å². The molecular weight excluding hydrogens is 202 g/mol. The summed E-state index contributed by atoms with van der Waals surface area (Å²) in [5.74, 6) is 0. The van der Waals surface area contributed by atoms with Gasteiger partial charge < -0.3 is 15.3 Å². The predicted octanol–water partition coefficient (Wildman–Crippen LogP) is -0.265. The Kier molecular flexibility index (Phi) is 4.19. The molecule has 0 aromatic heterocycles. The molecule has 2 rings (SSSR count). The van der Waals surface area contributed by atoms with Gasteiger partial charge in [-0.15, -0.1) is 0 Å². The smallest absolute Gasteiger partial charge is 0.0693 e. The van der Waals surface area contributed by atoms with Crippen molar-refractivity contribution in [3.8, 4) is 0 Å². The molecule has 2 N–H and O–H groups in total. The molecule has 1 aliphatic heterocycles.